The summed E-state index contributed by atoms with van der Waals surface area (Å²) < 4.78 is 6.94. The zero-order chi connectivity index (χ0) is 21.7. The molecule has 2 aliphatic rings. The Morgan fingerprint density at radius 2 is 1.81 bits per heavy atom. The summed E-state index contributed by atoms with van der Waals surface area (Å²) in [6.07, 6.45) is 10.2. The van der Waals surface area contributed by atoms with Crippen molar-refractivity contribution in [2.24, 2.45) is 5.92 Å². The molecule has 3 atom stereocenters. The van der Waals surface area contributed by atoms with E-state index >= 15 is 0 Å². The van der Waals surface area contributed by atoms with Gasteiger partial charge in [0.05, 0.1) is 20.1 Å². The first-order valence-electron chi connectivity index (χ1n) is 11.7. The van der Waals surface area contributed by atoms with Gasteiger partial charge in [0.15, 0.2) is 11.7 Å². The fourth-order valence-corrected chi connectivity index (χ4v) is 5.42. The third kappa shape index (κ3) is 4.99. The maximum absolute atomic E-state index is 13.4. The molecule has 1 aromatic heterocycles. The second-order valence-electron chi connectivity index (χ2n) is 9.64. The van der Waals surface area contributed by atoms with Crippen molar-refractivity contribution in [1.29, 1.82) is 0 Å². The number of hydrogen-bond donors (Lipinski definition) is 1. The number of piperidine rings is 1. The van der Waals surface area contributed by atoms with Gasteiger partial charge in [0, 0.05) is 31.2 Å². The van der Waals surface area contributed by atoms with Crippen molar-refractivity contribution in [2.75, 3.05) is 26.7 Å². The zero-order valence-corrected chi connectivity index (χ0v) is 18.6. The number of pyridine rings is 1. The van der Waals surface area contributed by atoms with Crippen molar-refractivity contribution in [2.45, 2.75) is 56.7 Å². The molecular weight excluding hydrogens is 388 g/mol. The Labute approximate surface area is 185 Å². The maximum atomic E-state index is 13.4. The molecule has 5 nitrogen and oxygen atoms in total. The van der Waals surface area contributed by atoms with Gasteiger partial charge in [0.2, 0.25) is 0 Å². The Bertz CT molecular complexity index is 853. The summed E-state index contributed by atoms with van der Waals surface area (Å²) in [6, 6.07) is 13.5. The highest BCUT2D eigenvalue weighted by molar-refractivity contribution is 5.81. The molecule has 0 bridgehead atoms. The van der Waals surface area contributed by atoms with E-state index in [1.54, 1.807) is 0 Å². The van der Waals surface area contributed by atoms with Crippen molar-refractivity contribution in [1.82, 2.24) is 4.98 Å². The zero-order valence-electron chi connectivity index (χ0n) is 18.6. The Balaban J connectivity index is 1.44. The molecule has 1 saturated heterocycles. The summed E-state index contributed by atoms with van der Waals surface area (Å²) in [5.74, 6) is -0.531. The van der Waals surface area contributed by atoms with Crippen LogP contribution in [0.3, 0.4) is 0 Å². The largest absolute Gasteiger partial charge is 0.454 e. The second kappa shape index (κ2) is 9.49. The number of likely N-dealkylation sites (tertiary alicyclic amines) is 1. The van der Waals surface area contributed by atoms with E-state index < -0.39 is 11.6 Å². The van der Waals surface area contributed by atoms with Crippen LogP contribution in [-0.2, 0) is 21.6 Å². The number of nitrogens with zero attached hydrogens (tertiary/aromatic N) is 2. The minimum atomic E-state index is -1.55. The van der Waals surface area contributed by atoms with Crippen LogP contribution in [0.15, 0.2) is 54.9 Å². The van der Waals surface area contributed by atoms with Gasteiger partial charge in [-0.05, 0) is 42.5 Å². The van der Waals surface area contributed by atoms with Crippen LogP contribution < -0.4 is 0 Å². The molecule has 4 rings (SSSR count). The van der Waals surface area contributed by atoms with Crippen molar-refractivity contribution >= 4 is 5.97 Å². The SMILES string of the molecule is C[N+]1(CCc2ccncc2)CCCC(OC(=O)[C@](O)(c2ccccc2)C2CCCC2)C1. The molecule has 2 heterocycles. The summed E-state index contributed by atoms with van der Waals surface area (Å²) in [7, 11) is 2.25. The predicted octanol–water partition coefficient (Wildman–Crippen LogP) is 3.85. The molecular formula is C26H35N2O3+. The number of hydrogen-bond acceptors (Lipinski definition) is 4. The lowest BCUT2D eigenvalue weighted by atomic mass is 9.80. The van der Waals surface area contributed by atoms with E-state index in [2.05, 4.69) is 24.2 Å². The summed E-state index contributed by atoms with van der Waals surface area (Å²) in [5.41, 5.74) is 0.404. The minimum Gasteiger partial charge on any atom is -0.454 e. The van der Waals surface area contributed by atoms with Crippen molar-refractivity contribution in [3.8, 4) is 0 Å². The number of likely N-dealkylation sites (N-methyl/N-ethyl adjacent to an activating group) is 1. The molecule has 1 saturated carbocycles. The summed E-state index contributed by atoms with van der Waals surface area (Å²) in [5, 5.41) is 11.7. The molecule has 1 aliphatic carbocycles. The van der Waals surface area contributed by atoms with Gasteiger partial charge in [-0.15, -0.1) is 0 Å². The number of quaternary nitrogens is 1. The number of aromatic nitrogens is 1. The summed E-state index contributed by atoms with van der Waals surface area (Å²) in [4.78, 5) is 17.5. The highest BCUT2D eigenvalue weighted by Crippen LogP contribution is 2.42. The van der Waals surface area contributed by atoms with Gasteiger partial charge in [0.1, 0.15) is 6.54 Å². The molecule has 1 N–H and O–H groups in total. The van der Waals surface area contributed by atoms with Crippen LogP contribution in [0, 0.1) is 5.92 Å². The Morgan fingerprint density at radius 1 is 1.10 bits per heavy atom. The number of benzene rings is 1. The molecule has 0 spiro atoms. The standard InChI is InChI=1S/C26H35N2O3/c1-28(19-15-21-13-16-27-17-14-21)18-7-12-24(20-28)31-25(29)26(30,23-10-5-6-11-23)22-8-3-2-4-9-22/h2-4,8-9,13-14,16-17,23-24,30H,5-7,10-12,15,18-20H2,1H3/q+1/t24?,26-,28?/m0/s1. The molecule has 5 heteroatoms. The first-order valence-corrected chi connectivity index (χ1v) is 11.7. The number of rotatable bonds is 7. The molecule has 2 unspecified atom stereocenters. The highest BCUT2D eigenvalue weighted by atomic mass is 16.6. The number of carbonyl (C=O) groups excluding carboxylic acids is 1. The van der Waals surface area contributed by atoms with Crippen LogP contribution >= 0.6 is 0 Å². The lowest BCUT2D eigenvalue weighted by Gasteiger charge is -2.42. The van der Waals surface area contributed by atoms with Crippen LogP contribution in [0.25, 0.3) is 0 Å². The molecule has 1 aliphatic heterocycles. The van der Waals surface area contributed by atoms with E-state index in [-0.39, 0.29) is 12.0 Å². The monoisotopic (exact) mass is 423 g/mol. The fourth-order valence-electron chi connectivity index (χ4n) is 5.42. The molecule has 1 aromatic carbocycles. The van der Waals surface area contributed by atoms with Gasteiger partial charge in [-0.2, -0.15) is 0 Å². The van der Waals surface area contributed by atoms with E-state index in [9.17, 15) is 9.90 Å². The van der Waals surface area contributed by atoms with Gasteiger partial charge >= 0.3 is 5.97 Å². The third-order valence-electron chi connectivity index (χ3n) is 7.30. The summed E-state index contributed by atoms with van der Waals surface area (Å²) in [6.45, 7) is 2.89. The Hall–Kier alpha value is -2.24. The lowest BCUT2D eigenvalue weighted by Crippen LogP contribution is -2.56. The lowest BCUT2D eigenvalue weighted by molar-refractivity contribution is -0.916. The first-order chi connectivity index (χ1) is 15.0. The predicted molar refractivity (Wildman–Crippen MR) is 120 cm³/mol. The van der Waals surface area contributed by atoms with Crippen molar-refractivity contribution < 1.29 is 19.1 Å². The van der Waals surface area contributed by atoms with Gasteiger partial charge < -0.3 is 14.3 Å². The molecule has 0 amide bonds. The second-order valence-corrected chi connectivity index (χ2v) is 9.64. The minimum absolute atomic E-state index is 0.0708. The number of ether oxygens (including phenoxy) is 1. The average molecular weight is 424 g/mol. The van der Waals surface area contributed by atoms with Crippen LogP contribution in [0.2, 0.25) is 0 Å². The van der Waals surface area contributed by atoms with Crippen LogP contribution in [0.4, 0.5) is 0 Å². The van der Waals surface area contributed by atoms with Crippen LogP contribution in [0.1, 0.15) is 49.7 Å². The number of aliphatic hydroxyl groups is 1. The smallest absolute Gasteiger partial charge is 0.343 e. The number of esters is 1. The Morgan fingerprint density at radius 3 is 2.52 bits per heavy atom. The molecule has 31 heavy (non-hydrogen) atoms. The van der Waals surface area contributed by atoms with E-state index in [4.69, 9.17) is 4.74 Å². The van der Waals surface area contributed by atoms with Gasteiger partial charge in [-0.25, -0.2) is 4.79 Å². The van der Waals surface area contributed by atoms with Gasteiger partial charge in [0.25, 0.3) is 0 Å². The normalized spacial score (nSPS) is 26.3. The number of carbonyl (C=O) groups is 1. The third-order valence-corrected chi connectivity index (χ3v) is 7.30. The van der Waals surface area contributed by atoms with Crippen LogP contribution in [-0.4, -0.2) is 53.3 Å². The van der Waals surface area contributed by atoms with Crippen LogP contribution in [0.5, 0.6) is 0 Å². The molecule has 0 radical (unpaired) electrons. The molecule has 2 fully saturated rings. The van der Waals surface area contributed by atoms with E-state index in [0.717, 1.165) is 69.1 Å². The van der Waals surface area contributed by atoms with E-state index in [0.29, 0.717) is 5.56 Å². The van der Waals surface area contributed by atoms with Crippen molar-refractivity contribution in [3.63, 3.8) is 0 Å². The highest BCUT2D eigenvalue weighted by Gasteiger charge is 2.49. The van der Waals surface area contributed by atoms with Gasteiger partial charge in [-0.3, -0.25) is 4.98 Å². The van der Waals surface area contributed by atoms with Crippen molar-refractivity contribution in [3.05, 3.63) is 66.0 Å². The summed E-state index contributed by atoms with van der Waals surface area (Å²) >= 11 is 0. The Kier molecular flexibility index (Phi) is 6.73. The molecule has 2 aromatic rings. The fraction of sp³-hybridized carbons (Fsp3) is 0.538. The van der Waals surface area contributed by atoms with Gasteiger partial charge in [-0.1, -0.05) is 43.2 Å². The maximum Gasteiger partial charge on any atom is 0.343 e. The topological polar surface area (TPSA) is 59.4 Å². The average Bonchev–Trinajstić information content (AvgIpc) is 3.34. The quantitative estimate of drug-likeness (QED) is 0.543. The molecule has 166 valence electrons. The first kappa shape index (κ1) is 22.0. The van der Waals surface area contributed by atoms with E-state index in [1.807, 2.05) is 42.7 Å². The van der Waals surface area contributed by atoms with E-state index in [1.165, 1.54) is 5.56 Å².